The van der Waals surface area contributed by atoms with Gasteiger partial charge in [-0.05, 0) is 48.2 Å². The van der Waals surface area contributed by atoms with Crippen molar-refractivity contribution in [1.29, 1.82) is 0 Å². The highest BCUT2D eigenvalue weighted by Gasteiger charge is 2.08. The predicted molar refractivity (Wildman–Crippen MR) is 135 cm³/mol. The van der Waals surface area contributed by atoms with Crippen LogP contribution in [0.3, 0.4) is 0 Å². The molecule has 0 aliphatic carbocycles. The molecule has 0 saturated carbocycles. The van der Waals surface area contributed by atoms with Crippen LogP contribution in [0.4, 0.5) is 0 Å². The van der Waals surface area contributed by atoms with Gasteiger partial charge in [-0.1, -0.05) is 78.1 Å². The number of benzene rings is 3. The number of hydrogen-bond acceptors (Lipinski definition) is 6. The number of ether oxygens (including phenoxy) is 1. The third-order valence-electron chi connectivity index (χ3n) is 4.81. The van der Waals surface area contributed by atoms with Crippen molar-refractivity contribution in [2.75, 3.05) is 7.11 Å². The van der Waals surface area contributed by atoms with Gasteiger partial charge in [-0.2, -0.15) is 5.10 Å². The molecule has 1 N–H and O–H groups in total. The van der Waals surface area contributed by atoms with E-state index in [9.17, 15) is 5.11 Å². The Labute approximate surface area is 192 Å². The minimum atomic E-state index is 0.0608. The molecule has 0 bridgehead atoms. The van der Waals surface area contributed by atoms with Crippen molar-refractivity contribution in [3.05, 3.63) is 94.5 Å². The van der Waals surface area contributed by atoms with E-state index in [1.54, 1.807) is 41.9 Å². The zero-order chi connectivity index (χ0) is 22.1. The van der Waals surface area contributed by atoms with Crippen molar-refractivity contribution >= 4 is 34.1 Å². The van der Waals surface area contributed by atoms with Gasteiger partial charge in [0.2, 0.25) is 0 Å². The second-order valence-electron chi connectivity index (χ2n) is 6.94. The summed E-state index contributed by atoms with van der Waals surface area (Å²) >= 11 is 3.35. The lowest BCUT2D eigenvalue weighted by molar-refractivity contribution is 0.373. The number of phenols is 1. The summed E-state index contributed by atoms with van der Waals surface area (Å²) in [5.74, 6) is 2.12. The fourth-order valence-corrected chi connectivity index (χ4v) is 4.97. The normalized spacial score (nSPS) is 10.9. The number of para-hydroxylation sites is 1. The Kier molecular flexibility index (Phi) is 8.62. The Hall–Kier alpha value is -2.70. The minimum Gasteiger partial charge on any atom is -0.504 e. The van der Waals surface area contributed by atoms with Crippen LogP contribution < -0.4 is 4.74 Å². The molecule has 31 heavy (non-hydrogen) atoms. The highest BCUT2D eigenvalue weighted by Crippen LogP contribution is 2.29. The van der Waals surface area contributed by atoms with Gasteiger partial charge in [-0.3, -0.25) is 0 Å². The molecule has 160 valence electrons. The van der Waals surface area contributed by atoms with E-state index in [1.807, 2.05) is 6.07 Å². The van der Waals surface area contributed by atoms with E-state index in [0.29, 0.717) is 11.3 Å². The number of nitrogens with zero attached hydrogens (tertiary/aromatic N) is 2. The number of aromatic hydroxyl groups is 1. The summed E-state index contributed by atoms with van der Waals surface area (Å²) in [6.45, 7) is 4.24. The summed E-state index contributed by atoms with van der Waals surface area (Å²) in [5.41, 5.74) is 5.67. The number of thioether (sulfide) groups is 2. The predicted octanol–water partition coefficient (Wildman–Crippen LogP) is 6.57. The second kappa shape index (κ2) is 11.6. The molecule has 0 aliphatic heterocycles. The van der Waals surface area contributed by atoms with Crippen LogP contribution in [-0.2, 0) is 11.5 Å². The van der Waals surface area contributed by atoms with Crippen LogP contribution in [0.25, 0.3) is 0 Å². The fraction of sp³-hybridized carbons (Fsp3) is 0.200. The molecular weight excluding hydrogens is 424 g/mol. The summed E-state index contributed by atoms with van der Waals surface area (Å²) in [5, 5.41) is 19.0. The van der Waals surface area contributed by atoms with Crippen molar-refractivity contribution in [2.24, 2.45) is 10.2 Å². The average Bonchev–Trinajstić information content (AvgIpc) is 2.78. The van der Waals surface area contributed by atoms with E-state index in [1.165, 1.54) is 29.4 Å². The first-order valence-corrected chi connectivity index (χ1v) is 11.9. The molecule has 3 rings (SSSR count). The molecule has 3 aromatic rings. The van der Waals surface area contributed by atoms with Crippen molar-refractivity contribution in [2.45, 2.75) is 25.4 Å². The lowest BCUT2D eigenvalue weighted by atomic mass is 10.1. The van der Waals surface area contributed by atoms with Crippen molar-refractivity contribution in [3.63, 3.8) is 0 Å². The molecular formula is C25H26N2O2S2. The lowest BCUT2D eigenvalue weighted by Gasteiger charge is -2.08. The van der Waals surface area contributed by atoms with Gasteiger partial charge in [-0.15, -0.1) is 5.10 Å². The Morgan fingerprint density at radius 3 is 2.00 bits per heavy atom. The highest BCUT2D eigenvalue weighted by atomic mass is 32.2. The lowest BCUT2D eigenvalue weighted by Crippen LogP contribution is -1.93. The number of methoxy groups -OCH3 is 1. The number of aryl methyl sites for hydroxylation is 2. The van der Waals surface area contributed by atoms with E-state index >= 15 is 0 Å². The summed E-state index contributed by atoms with van der Waals surface area (Å²) < 4.78 is 6.03. The van der Waals surface area contributed by atoms with Gasteiger partial charge in [0.15, 0.2) is 15.9 Å². The maximum Gasteiger partial charge on any atom is 0.166 e. The van der Waals surface area contributed by atoms with E-state index < -0.39 is 0 Å². The molecule has 0 heterocycles. The maximum atomic E-state index is 10.2. The first-order chi connectivity index (χ1) is 15.1. The smallest absolute Gasteiger partial charge is 0.166 e. The van der Waals surface area contributed by atoms with Crippen molar-refractivity contribution in [1.82, 2.24) is 0 Å². The molecule has 0 radical (unpaired) electrons. The Balaban J connectivity index is 1.77. The van der Waals surface area contributed by atoms with Gasteiger partial charge in [-0.25, -0.2) is 0 Å². The van der Waals surface area contributed by atoms with Crippen LogP contribution in [0.2, 0.25) is 0 Å². The average molecular weight is 451 g/mol. The molecule has 0 spiro atoms. The maximum absolute atomic E-state index is 10.2. The van der Waals surface area contributed by atoms with E-state index in [4.69, 9.17) is 4.74 Å². The van der Waals surface area contributed by atoms with Crippen molar-refractivity contribution in [3.8, 4) is 11.5 Å². The third-order valence-corrected chi connectivity index (χ3v) is 7.09. The van der Waals surface area contributed by atoms with E-state index in [0.717, 1.165) is 15.9 Å². The van der Waals surface area contributed by atoms with Crippen LogP contribution in [0, 0.1) is 13.8 Å². The molecule has 0 saturated heterocycles. The van der Waals surface area contributed by atoms with Gasteiger partial charge in [0, 0.05) is 17.1 Å². The summed E-state index contributed by atoms with van der Waals surface area (Å²) in [7, 11) is 1.52. The van der Waals surface area contributed by atoms with Gasteiger partial charge in [0.25, 0.3) is 0 Å². The Bertz CT molecular complexity index is 1030. The molecule has 0 aliphatic rings. The van der Waals surface area contributed by atoms with Gasteiger partial charge in [0.1, 0.15) is 0 Å². The summed E-state index contributed by atoms with van der Waals surface area (Å²) in [6, 6.07) is 22.0. The molecule has 0 unspecified atom stereocenters. The Morgan fingerprint density at radius 1 is 0.871 bits per heavy atom. The monoisotopic (exact) mass is 450 g/mol. The molecule has 4 nitrogen and oxygen atoms in total. The summed E-state index contributed by atoms with van der Waals surface area (Å²) in [4.78, 5) is 0. The first kappa shape index (κ1) is 23.0. The van der Waals surface area contributed by atoms with Gasteiger partial charge >= 0.3 is 0 Å². The fourth-order valence-electron chi connectivity index (χ4n) is 2.87. The minimum absolute atomic E-state index is 0.0608. The van der Waals surface area contributed by atoms with Crippen LogP contribution in [-0.4, -0.2) is 22.8 Å². The molecule has 0 aromatic heterocycles. The largest absolute Gasteiger partial charge is 0.504 e. The second-order valence-corrected chi connectivity index (χ2v) is 9.13. The topological polar surface area (TPSA) is 54.2 Å². The zero-order valence-electron chi connectivity index (χ0n) is 17.9. The third kappa shape index (κ3) is 6.64. The molecule has 0 atom stereocenters. The van der Waals surface area contributed by atoms with Crippen LogP contribution in [0.5, 0.6) is 11.5 Å². The molecule has 3 aromatic carbocycles. The quantitative estimate of drug-likeness (QED) is 0.251. The highest BCUT2D eigenvalue weighted by molar-refractivity contribution is 8.38. The zero-order valence-corrected chi connectivity index (χ0v) is 19.5. The number of phenolic OH excluding ortho intramolecular Hbond substituents is 1. The van der Waals surface area contributed by atoms with Gasteiger partial charge < -0.3 is 9.84 Å². The van der Waals surface area contributed by atoms with Crippen LogP contribution in [0.1, 0.15) is 27.8 Å². The molecule has 0 fully saturated rings. The van der Waals surface area contributed by atoms with E-state index in [-0.39, 0.29) is 5.75 Å². The Morgan fingerprint density at radius 2 is 1.45 bits per heavy atom. The summed E-state index contributed by atoms with van der Waals surface area (Å²) in [6.07, 6.45) is 1.56. The number of rotatable bonds is 7. The van der Waals surface area contributed by atoms with Gasteiger partial charge in [0.05, 0.1) is 13.3 Å². The number of hydrogen-bond donors (Lipinski definition) is 1. The first-order valence-electron chi connectivity index (χ1n) is 9.90. The van der Waals surface area contributed by atoms with Crippen LogP contribution in [0.15, 0.2) is 76.9 Å². The standard InChI is InChI=1S/C25H26N2O2S2/c1-18-9-4-6-11-21(18)16-30-25(31-17-22-12-7-5-10-19(22)2)27-26-15-20-13-8-14-23(29-3)24(20)28/h4-15,28H,16-17H2,1-3H3/b26-15+. The SMILES string of the molecule is COc1cccc(/C=N/N=C(SCc2ccccc2C)SCc2ccccc2C)c1O. The van der Waals surface area contributed by atoms with Crippen molar-refractivity contribution < 1.29 is 9.84 Å². The molecule has 6 heteroatoms. The molecule has 0 amide bonds. The van der Waals surface area contributed by atoms with Crippen LogP contribution >= 0.6 is 23.5 Å². The van der Waals surface area contributed by atoms with E-state index in [2.05, 4.69) is 72.6 Å².